The third-order valence-corrected chi connectivity index (χ3v) is 6.05. The van der Waals surface area contributed by atoms with Crippen LogP contribution in [0.3, 0.4) is 0 Å². The number of imidazole rings is 1. The Hall–Kier alpha value is -2.69. The molecule has 0 saturated heterocycles. The molecule has 0 atom stereocenters. The van der Waals surface area contributed by atoms with Gasteiger partial charge in [-0.05, 0) is 37.1 Å². The third kappa shape index (κ3) is 2.00. The number of carbonyl (C=O) groups excluding carboxylic acids is 1. The van der Waals surface area contributed by atoms with E-state index in [2.05, 4.69) is 4.98 Å². The first-order valence-corrected chi connectivity index (χ1v) is 9.12. The number of aromatic nitrogens is 2. The molecule has 26 heavy (non-hydrogen) atoms. The summed E-state index contributed by atoms with van der Waals surface area (Å²) in [5.41, 5.74) is 3.48. The molecule has 1 aliphatic heterocycles. The highest BCUT2D eigenvalue weighted by molar-refractivity contribution is 6.14. The van der Waals surface area contributed by atoms with E-state index in [0.29, 0.717) is 12.1 Å². The Labute approximate surface area is 151 Å². The molecule has 1 aromatic heterocycles. The van der Waals surface area contributed by atoms with Crippen LogP contribution in [0.2, 0.25) is 0 Å². The molecule has 2 aromatic carbocycles. The summed E-state index contributed by atoms with van der Waals surface area (Å²) in [5.74, 6) is -0.256. The molecule has 3 aromatic rings. The summed E-state index contributed by atoms with van der Waals surface area (Å²) in [6.07, 6.45) is 5.79. The van der Waals surface area contributed by atoms with E-state index in [1.54, 1.807) is 17.3 Å². The third-order valence-electron chi connectivity index (χ3n) is 6.05. The van der Waals surface area contributed by atoms with E-state index in [0.717, 1.165) is 48.0 Å². The van der Waals surface area contributed by atoms with Crippen molar-refractivity contribution in [3.63, 3.8) is 0 Å². The van der Waals surface area contributed by atoms with E-state index in [1.807, 2.05) is 35.9 Å². The number of halogens is 1. The number of benzene rings is 2. The van der Waals surface area contributed by atoms with Crippen molar-refractivity contribution in [1.82, 2.24) is 9.55 Å². The van der Waals surface area contributed by atoms with E-state index in [-0.39, 0.29) is 17.1 Å². The first-order chi connectivity index (χ1) is 12.6. The van der Waals surface area contributed by atoms with Gasteiger partial charge in [0.25, 0.3) is 5.91 Å². The smallest absolute Gasteiger partial charge is 0.260 e. The Kier molecular flexibility index (Phi) is 3.23. The number of rotatable bonds is 1. The number of fused-ring (bicyclic) bond motifs is 3. The number of carbonyl (C=O) groups is 1. The summed E-state index contributed by atoms with van der Waals surface area (Å²) < 4.78 is 16.6. The maximum absolute atomic E-state index is 14.7. The summed E-state index contributed by atoms with van der Waals surface area (Å²) in [6.45, 7) is 0.566. The highest BCUT2D eigenvalue weighted by Crippen LogP contribution is 2.51. The van der Waals surface area contributed by atoms with Crippen molar-refractivity contribution < 1.29 is 9.18 Å². The maximum atomic E-state index is 14.7. The number of amides is 1. The summed E-state index contributed by atoms with van der Waals surface area (Å²) in [4.78, 5) is 19.6. The Morgan fingerprint density at radius 2 is 1.92 bits per heavy atom. The van der Waals surface area contributed by atoms with Crippen LogP contribution in [0.15, 0.2) is 42.7 Å². The number of aryl methyl sites for hydroxylation is 1. The molecular weight excluding hydrogens is 329 g/mol. The summed E-state index contributed by atoms with van der Waals surface area (Å²) in [5, 5.41) is 0. The second-order valence-corrected chi connectivity index (χ2v) is 7.54. The number of hydrogen-bond donors (Lipinski definition) is 0. The van der Waals surface area contributed by atoms with Crippen molar-refractivity contribution in [3.05, 3.63) is 59.7 Å². The Balaban J connectivity index is 1.66. The lowest BCUT2D eigenvalue weighted by Gasteiger charge is -2.25. The van der Waals surface area contributed by atoms with Gasteiger partial charge in [-0.25, -0.2) is 9.37 Å². The molecule has 2 aliphatic rings. The van der Waals surface area contributed by atoms with Crippen molar-refractivity contribution in [2.24, 2.45) is 7.05 Å². The SMILES string of the molecule is Cn1cnc2cccc(C(=O)N3CC4(CCCC4)c4c(F)cccc43)c21. The summed E-state index contributed by atoms with van der Waals surface area (Å²) in [6, 6.07) is 10.7. The quantitative estimate of drug-likeness (QED) is 0.661. The maximum Gasteiger partial charge on any atom is 0.260 e. The fraction of sp³-hybridized carbons (Fsp3) is 0.333. The van der Waals surface area contributed by atoms with Crippen LogP contribution in [0.4, 0.5) is 10.1 Å². The van der Waals surface area contributed by atoms with Gasteiger partial charge in [0.2, 0.25) is 0 Å². The minimum absolute atomic E-state index is 0.0742. The Morgan fingerprint density at radius 1 is 1.15 bits per heavy atom. The normalized spacial score (nSPS) is 18.0. The van der Waals surface area contributed by atoms with E-state index in [1.165, 1.54) is 6.07 Å². The van der Waals surface area contributed by atoms with Crippen molar-refractivity contribution in [3.8, 4) is 0 Å². The lowest BCUT2D eigenvalue weighted by atomic mass is 9.80. The molecule has 2 heterocycles. The van der Waals surface area contributed by atoms with E-state index in [4.69, 9.17) is 0 Å². The van der Waals surface area contributed by atoms with Gasteiger partial charge in [-0.2, -0.15) is 0 Å². The molecule has 1 spiro atoms. The van der Waals surface area contributed by atoms with Crippen LogP contribution in [0.1, 0.15) is 41.6 Å². The van der Waals surface area contributed by atoms with E-state index >= 15 is 0 Å². The number of anilines is 1. The number of para-hydroxylation sites is 1. The molecule has 0 unspecified atom stereocenters. The van der Waals surface area contributed by atoms with Crippen LogP contribution in [-0.2, 0) is 12.5 Å². The molecular formula is C21H20FN3O. The topological polar surface area (TPSA) is 38.1 Å². The minimum Gasteiger partial charge on any atom is -0.333 e. The van der Waals surface area contributed by atoms with Gasteiger partial charge in [-0.15, -0.1) is 0 Å². The molecule has 1 saturated carbocycles. The molecule has 5 rings (SSSR count). The van der Waals surface area contributed by atoms with Crippen LogP contribution in [0.5, 0.6) is 0 Å². The highest BCUT2D eigenvalue weighted by atomic mass is 19.1. The average molecular weight is 349 g/mol. The van der Waals surface area contributed by atoms with Gasteiger partial charge in [0.1, 0.15) is 5.82 Å². The molecule has 1 aliphatic carbocycles. The lowest BCUT2D eigenvalue weighted by Crippen LogP contribution is -2.35. The van der Waals surface area contributed by atoms with Gasteiger partial charge < -0.3 is 9.47 Å². The first kappa shape index (κ1) is 15.6. The van der Waals surface area contributed by atoms with Crippen LogP contribution in [-0.4, -0.2) is 22.0 Å². The van der Waals surface area contributed by atoms with Gasteiger partial charge in [-0.3, -0.25) is 4.79 Å². The zero-order valence-corrected chi connectivity index (χ0v) is 14.7. The standard InChI is InChI=1S/C21H20FN3O/c1-24-13-23-16-8-4-6-14(19(16)24)20(26)25-12-21(10-2-3-11-21)18-15(22)7-5-9-17(18)25/h4-9,13H,2-3,10-12H2,1H3. The fourth-order valence-corrected chi connectivity index (χ4v) is 4.90. The number of nitrogens with zero attached hydrogens (tertiary/aromatic N) is 3. The van der Waals surface area contributed by atoms with Gasteiger partial charge in [-0.1, -0.05) is 25.0 Å². The van der Waals surface area contributed by atoms with Crippen molar-refractivity contribution >= 4 is 22.6 Å². The van der Waals surface area contributed by atoms with Crippen molar-refractivity contribution in [1.29, 1.82) is 0 Å². The Bertz CT molecular complexity index is 1030. The molecule has 4 nitrogen and oxygen atoms in total. The summed E-state index contributed by atoms with van der Waals surface area (Å²) >= 11 is 0. The molecule has 0 radical (unpaired) electrons. The predicted octanol–water partition coefficient (Wildman–Crippen LogP) is 4.18. The molecule has 0 N–H and O–H groups in total. The largest absolute Gasteiger partial charge is 0.333 e. The molecule has 5 heteroatoms. The lowest BCUT2D eigenvalue weighted by molar-refractivity contribution is 0.0986. The second-order valence-electron chi connectivity index (χ2n) is 7.54. The Morgan fingerprint density at radius 3 is 2.73 bits per heavy atom. The fourth-order valence-electron chi connectivity index (χ4n) is 4.90. The summed E-state index contributed by atoms with van der Waals surface area (Å²) in [7, 11) is 1.89. The number of hydrogen-bond acceptors (Lipinski definition) is 2. The molecule has 0 bridgehead atoms. The average Bonchev–Trinajstić information content (AvgIpc) is 3.35. The van der Waals surface area contributed by atoms with E-state index in [9.17, 15) is 9.18 Å². The zero-order chi connectivity index (χ0) is 17.9. The van der Waals surface area contributed by atoms with Crippen molar-refractivity contribution in [2.75, 3.05) is 11.4 Å². The van der Waals surface area contributed by atoms with Gasteiger partial charge in [0, 0.05) is 24.6 Å². The molecule has 1 amide bonds. The van der Waals surface area contributed by atoms with Gasteiger partial charge >= 0.3 is 0 Å². The van der Waals surface area contributed by atoms with Crippen LogP contribution in [0, 0.1) is 5.82 Å². The molecule has 1 fully saturated rings. The van der Waals surface area contributed by atoms with Crippen LogP contribution in [0.25, 0.3) is 11.0 Å². The highest BCUT2D eigenvalue weighted by Gasteiger charge is 2.48. The monoisotopic (exact) mass is 349 g/mol. The van der Waals surface area contributed by atoms with Crippen molar-refractivity contribution in [2.45, 2.75) is 31.1 Å². The minimum atomic E-state index is -0.226. The zero-order valence-electron chi connectivity index (χ0n) is 14.7. The van der Waals surface area contributed by atoms with E-state index < -0.39 is 0 Å². The predicted molar refractivity (Wildman–Crippen MR) is 98.9 cm³/mol. The van der Waals surface area contributed by atoms with Gasteiger partial charge in [0.05, 0.1) is 28.6 Å². The van der Waals surface area contributed by atoms with Crippen LogP contribution >= 0.6 is 0 Å². The van der Waals surface area contributed by atoms with Crippen LogP contribution < -0.4 is 4.90 Å². The van der Waals surface area contributed by atoms with Gasteiger partial charge in [0.15, 0.2) is 0 Å². The second kappa shape index (κ2) is 5.40. The molecule has 132 valence electrons. The first-order valence-electron chi connectivity index (χ1n) is 9.12.